The van der Waals surface area contributed by atoms with E-state index in [1.54, 1.807) is 6.07 Å². The molecule has 2 N–H and O–H groups in total. The predicted molar refractivity (Wildman–Crippen MR) is 90.4 cm³/mol. The number of phenols is 1. The van der Waals surface area contributed by atoms with E-state index in [4.69, 9.17) is 0 Å². The van der Waals surface area contributed by atoms with Crippen LogP contribution in [0.2, 0.25) is 0 Å². The lowest BCUT2D eigenvalue weighted by atomic mass is 9.86. The van der Waals surface area contributed by atoms with Crippen LogP contribution in [-0.2, 0) is 0 Å². The van der Waals surface area contributed by atoms with Crippen LogP contribution in [0.5, 0.6) is 5.75 Å². The van der Waals surface area contributed by atoms with Gasteiger partial charge in [-0.1, -0.05) is 64.7 Å². The van der Waals surface area contributed by atoms with Gasteiger partial charge in [0.15, 0.2) is 0 Å². The Labute approximate surface area is 129 Å². The minimum absolute atomic E-state index is 0.291. The van der Waals surface area contributed by atoms with Gasteiger partial charge in [-0.3, -0.25) is 0 Å². The van der Waals surface area contributed by atoms with Gasteiger partial charge in [-0.05, 0) is 37.0 Å². The Hall–Kier alpha value is -1.28. The highest BCUT2D eigenvalue weighted by Crippen LogP contribution is 2.32. The molecule has 0 atom stereocenters. The minimum atomic E-state index is -0.750. The van der Waals surface area contributed by atoms with E-state index in [1.807, 2.05) is 24.3 Å². The second-order valence-electron chi connectivity index (χ2n) is 5.85. The number of rotatable bonds is 9. The van der Waals surface area contributed by atoms with Crippen molar-refractivity contribution in [1.82, 2.24) is 0 Å². The third kappa shape index (κ3) is 5.55. The topological polar surface area (TPSA) is 40.5 Å². The zero-order valence-corrected chi connectivity index (χ0v) is 13.7. The molecule has 2 heteroatoms. The summed E-state index contributed by atoms with van der Waals surface area (Å²) in [5.74, 6) is 0.291. The Morgan fingerprint density at radius 1 is 1.05 bits per heavy atom. The van der Waals surface area contributed by atoms with Gasteiger partial charge in [0.25, 0.3) is 0 Å². The molecule has 1 rings (SSSR count). The molecule has 21 heavy (non-hydrogen) atoms. The lowest BCUT2D eigenvalue weighted by Gasteiger charge is -2.26. The summed E-state index contributed by atoms with van der Waals surface area (Å²) in [5.41, 5.74) is 1.12. The Morgan fingerprint density at radius 2 is 1.62 bits per heavy atom. The molecule has 0 aliphatic rings. The van der Waals surface area contributed by atoms with Gasteiger partial charge in [0.2, 0.25) is 0 Å². The van der Waals surface area contributed by atoms with Crippen molar-refractivity contribution in [3.8, 4) is 5.75 Å². The van der Waals surface area contributed by atoms with Crippen LogP contribution in [0.1, 0.15) is 71.3 Å². The van der Waals surface area contributed by atoms with Crippen molar-refractivity contribution < 1.29 is 10.2 Å². The van der Waals surface area contributed by atoms with E-state index in [9.17, 15) is 10.2 Å². The molecule has 0 heterocycles. The Balaban J connectivity index is 3.07. The highest BCUT2D eigenvalue weighted by Gasteiger charge is 2.24. The second kappa shape index (κ2) is 8.89. The van der Waals surface area contributed by atoms with E-state index in [2.05, 4.69) is 20.8 Å². The van der Waals surface area contributed by atoms with Crippen molar-refractivity contribution in [3.05, 3.63) is 35.9 Å². The molecule has 118 valence electrons. The van der Waals surface area contributed by atoms with Gasteiger partial charge in [0.1, 0.15) is 5.75 Å². The average Bonchev–Trinajstić information content (AvgIpc) is 2.50. The fourth-order valence-electron chi connectivity index (χ4n) is 2.67. The molecule has 0 spiro atoms. The number of aromatic hydroxyl groups is 1. The summed E-state index contributed by atoms with van der Waals surface area (Å²) in [6.45, 7) is 6.36. The SMILES string of the molecule is CCCCC(O)(/C=C(/CC)c1ccccc1O)CCCC. The molecule has 0 aliphatic heterocycles. The first kappa shape index (κ1) is 17.8. The first-order chi connectivity index (χ1) is 10.1. The van der Waals surface area contributed by atoms with Crippen molar-refractivity contribution >= 4 is 5.57 Å². The Morgan fingerprint density at radius 3 is 2.10 bits per heavy atom. The lowest BCUT2D eigenvalue weighted by molar-refractivity contribution is 0.0677. The zero-order valence-electron chi connectivity index (χ0n) is 13.7. The second-order valence-corrected chi connectivity index (χ2v) is 5.85. The number of benzene rings is 1. The van der Waals surface area contributed by atoms with Crippen LogP contribution in [0.25, 0.3) is 5.57 Å². The maximum absolute atomic E-state index is 11.0. The highest BCUT2D eigenvalue weighted by molar-refractivity contribution is 5.70. The number of aliphatic hydroxyl groups is 1. The van der Waals surface area contributed by atoms with E-state index < -0.39 is 5.60 Å². The number of hydrogen-bond acceptors (Lipinski definition) is 2. The fourth-order valence-corrected chi connectivity index (χ4v) is 2.67. The number of phenolic OH excluding ortho intramolecular Hbond substituents is 1. The quantitative estimate of drug-likeness (QED) is 0.648. The monoisotopic (exact) mass is 290 g/mol. The maximum Gasteiger partial charge on any atom is 0.123 e. The normalized spacial score (nSPS) is 12.7. The van der Waals surface area contributed by atoms with E-state index >= 15 is 0 Å². The van der Waals surface area contributed by atoms with Crippen molar-refractivity contribution in [2.45, 2.75) is 71.3 Å². The van der Waals surface area contributed by atoms with Gasteiger partial charge in [-0.15, -0.1) is 0 Å². The fraction of sp³-hybridized carbons (Fsp3) is 0.579. The Bertz CT molecular complexity index is 441. The molecule has 0 radical (unpaired) electrons. The molecule has 0 aliphatic carbocycles. The predicted octanol–water partition coefficient (Wildman–Crippen LogP) is 5.30. The molecule has 0 saturated carbocycles. The van der Waals surface area contributed by atoms with Crippen LogP contribution in [0.15, 0.2) is 30.3 Å². The first-order valence-electron chi connectivity index (χ1n) is 8.28. The first-order valence-corrected chi connectivity index (χ1v) is 8.28. The van der Waals surface area contributed by atoms with Crippen molar-refractivity contribution in [2.75, 3.05) is 0 Å². The number of hydrogen-bond donors (Lipinski definition) is 2. The highest BCUT2D eigenvalue weighted by atomic mass is 16.3. The van der Waals surface area contributed by atoms with Gasteiger partial charge >= 0.3 is 0 Å². The van der Waals surface area contributed by atoms with Crippen LogP contribution in [0, 0.1) is 0 Å². The van der Waals surface area contributed by atoms with Crippen molar-refractivity contribution in [3.63, 3.8) is 0 Å². The molecule has 0 aromatic heterocycles. The smallest absolute Gasteiger partial charge is 0.123 e. The average molecular weight is 290 g/mol. The Kier molecular flexibility index (Phi) is 7.52. The van der Waals surface area contributed by atoms with Gasteiger partial charge in [0, 0.05) is 5.56 Å². The van der Waals surface area contributed by atoms with Gasteiger partial charge < -0.3 is 10.2 Å². The minimum Gasteiger partial charge on any atom is -0.507 e. The van der Waals surface area contributed by atoms with Gasteiger partial charge in [-0.25, -0.2) is 0 Å². The molecular weight excluding hydrogens is 260 g/mol. The summed E-state index contributed by atoms with van der Waals surface area (Å²) in [5, 5.41) is 21.0. The summed E-state index contributed by atoms with van der Waals surface area (Å²) in [4.78, 5) is 0. The third-order valence-corrected chi connectivity index (χ3v) is 4.00. The lowest BCUT2D eigenvalue weighted by Crippen LogP contribution is -2.26. The number of unbranched alkanes of at least 4 members (excludes halogenated alkanes) is 2. The molecule has 1 aromatic carbocycles. The van der Waals surface area contributed by atoms with Gasteiger partial charge in [-0.2, -0.15) is 0 Å². The maximum atomic E-state index is 11.0. The summed E-state index contributed by atoms with van der Waals surface area (Å²) in [6.07, 6.45) is 8.59. The van der Waals surface area contributed by atoms with Gasteiger partial charge in [0.05, 0.1) is 5.60 Å². The summed E-state index contributed by atoms with van der Waals surface area (Å²) < 4.78 is 0. The van der Waals surface area contributed by atoms with Crippen LogP contribution in [0.4, 0.5) is 0 Å². The largest absolute Gasteiger partial charge is 0.507 e. The third-order valence-electron chi connectivity index (χ3n) is 4.00. The molecule has 0 unspecified atom stereocenters. The van der Waals surface area contributed by atoms with Crippen LogP contribution >= 0.6 is 0 Å². The number of para-hydroxylation sites is 1. The van der Waals surface area contributed by atoms with E-state index in [0.29, 0.717) is 5.75 Å². The molecule has 0 saturated heterocycles. The molecule has 0 fully saturated rings. The summed E-state index contributed by atoms with van der Waals surface area (Å²) in [7, 11) is 0. The zero-order chi connectivity index (χ0) is 15.7. The summed E-state index contributed by atoms with van der Waals surface area (Å²) >= 11 is 0. The van der Waals surface area contributed by atoms with E-state index in [-0.39, 0.29) is 0 Å². The van der Waals surface area contributed by atoms with E-state index in [1.165, 1.54) is 0 Å². The van der Waals surface area contributed by atoms with Crippen molar-refractivity contribution in [2.24, 2.45) is 0 Å². The molecular formula is C19H30O2. The van der Waals surface area contributed by atoms with Crippen LogP contribution < -0.4 is 0 Å². The van der Waals surface area contributed by atoms with Crippen LogP contribution in [-0.4, -0.2) is 15.8 Å². The molecule has 0 amide bonds. The van der Waals surface area contributed by atoms with E-state index in [0.717, 1.165) is 56.1 Å². The standard InChI is InChI=1S/C19H30O2/c1-4-7-13-19(21,14-8-5-2)15-16(6-3)17-11-9-10-12-18(17)20/h9-12,15,20-21H,4-8,13-14H2,1-3H3/b16-15-. The number of allylic oxidation sites excluding steroid dienone is 1. The van der Waals surface area contributed by atoms with Crippen molar-refractivity contribution in [1.29, 1.82) is 0 Å². The summed E-state index contributed by atoms with van der Waals surface area (Å²) in [6, 6.07) is 7.38. The molecule has 0 bridgehead atoms. The van der Waals surface area contributed by atoms with Crippen LogP contribution in [0.3, 0.4) is 0 Å². The molecule has 1 aromatic rings. The molecule has 2 nitrogen and oxygen atoms in total.